The van der Waals surface area contributed by atoms with Crippen LogP contribution in [0.25, 0.3) is 0 Å². The molecule has 2 rings (SSSR count). The lowest BCUT2D eigenvalue weighted by Crippen LogP contribution is -2.14. The maximum Gasteiger partial charge on any atom is 0.275 e. The summed E-state index contributed by atoms with van der Waals surface area (Å²) in [4.78, 5) is -1.25. The second kappa shape index (κ2) is 8.59. The van der Waals surface area contributed by atoms with Crippen molar-refractivity contribution in [3.63, 3.8) is 0 Å². The van der Waals surface area contributed by atoms with E-state index in [1.54, 1.807) is 0 Å². The molecule has 2 N–H and O–H groups in total. The highest BCUT2D eigenvalue weighted by atomic mass is 32.2. The van der Waals surface area contributed by atoms with Crippen LogP contribution >= 0.6 is 0 Å². The standard InChI is InChI=1S/C18H16F2O8S3/c1-3-17(30(23,24)25)13-9-11(5-7-15(13)19)29(21,22)12-6-8-16(20)14(10-12)18(4-2)31(26,27)28/h3-10,17-18H,1-2H2,(H,23,24,25)(H,26,27,28). The van der Waals surface area contributed by atoms with Crippen molar-refractivity contribution in [2.75, 3.05) is 0 Å². The summed E-state index contributed by atoms with van der Waals surface area (Å²) >= 11 is 0. The van der Waals surface area contributed by atoms with Crippen LogP contribution in [0.4, 0.5) is 8.78 Å². The van der Waals surface area contributed by atoms with Gasteiger partial charge in [-0.15, -0.1) is 13.2 Å². The van der Waals surface area contributed by atoms with Crippen LogP contribution in [0.15, 0.2) is 71.5 Å². The Morgan fingerprint density at radius 3 is 1.29 bits per heavy atom. The van der Waals surface area contributed by atoms with Crippen LogP contribution in [0.2, 0.25) is 0 Å². The van der Waals surface area contributed by atoms with Gasteiger partial charge in [0.15, 0.2) is 0 Å². The Kier molecular flexibility index (Phi) is 6.88. The van der Waals surface area contributed by atoms with E-state index in [-0.39, 0.29) is 0 Å². The fourth-order valence-electron chi connectivity index (χ4n) is 2.77. The Morgan fingerprint density at radius 1 is 0.710 bits per heavy atom. The van der Waals surface area contributed by atoms with Crippen molar-refractivity contribution in [3.8, 4) is 0 Å². The van der Waals surface area contributed by atoms with Crippen LogP contribution in [-0.4, -0.2) is 34.4 Å². The van der Waals surface area contributed by atoms with Crippen LogP contribution in [0.5, 0.6) is 0 Å². The van der Waals surface area contributed by atoms with Crippen molar-refractivity contribution in [2.45, 2.75) is 20.3 Å². The van der Waals surface area contributed by atoms with Gasteiger partial charge >= 0.3 is 0 Å². The molecule has 0 amide bonds. The summed E-state index contributed by atoms with van der Waals surface area (Å²) in [6.07, 6.45) is 1.39. The lowest BCUT2D eigenvalue weighted by molar-refractivity contribution is 0.472. The topological polar surface area (TPSA) is 143 Å². The first-order chi connectivity index (χ1) is 14.1. The molecule has 0 aliphatic carbocycles. The van der Waals surface area contributed by atoms with Gasteiger partial charge in [0.1, 0.15) is 22.1 Å². The molecule has 0 radical (unpaired) electrons. The highest BCUT2D eigenvalue weighted by Crippen LogP contribution is 2.32. The summed E-state index contributed by atoms with van der Waals surface area (Å²) in [6, 6.07) is 4.21. The van der Waals surface area contributed by atoms with Gasteiger partial charge in [-0.1, -0.05) is 12.2 Å². The number of hydrogen-bond acceptors (Lipinski definition) is 6. The zero-order valence-electron chi connectivity index (χ0n) is 15.5. The van der Waals surface area contributed by atoms with Gasteiger partial charge in [0.05, 0.1) is 9.79 Å². The van der Waals surface area contributed by atoms with E-state index in [4.69, 9.17) is 0 Å². The predicted molar refractivity (Wildman–Crippen MR) is 107 cm³/mol. The fraction of sp³-hybridized carbons (Fsp3) is 0.111. The normalized spacial score (nSPS) is 14.6. The van der Waals surface area contributed by atoms with Gasteiger partial charge in [0.25, 0.3) is 20.2 Å². The summed E-state index contributed by atoms with van der Waals surface area (Å²) < 4.78 is 119. The maximum absolute atomic E-state index is 14.2. The molecule has 2 atom stereocenters. The molecule has 0 aliphatic rings. The predicted octanol–water partition coefficient (Wildman–Crippen LogP) is 3.03. The van der Waals surface area contributed by atoms with E-state index in [1.807, 2.05) is 0 Å². The van der Waals surface area contributed by atoms with Crippen LogP contribution in [0, 0.1) is 11.6 Å². The lowest BCUT2D eigenvalue weighted by Gasteiger charge is -2.15. The molecule has 0 aliphatic heterocycles. The molecule has 0 spiro atoms. The third-order valence-corrected chi connectivity index (χ3v) is 8.16. The Hall–Kier alpha value is -2.45. The van der Waals surface area contributed by atoms with E-state index in [2.05, 4.69) is 13.2 Å². The average molecular weight is 495 g/mol. The van der Waals surface area contributed by atoms with E-state index < -0.39 is 73.1 Å². The maximum atomic E-state index is 14.2. The van der Waals surface area contributed by atoms with E-state index >= 15 is 0 Å². The summed E-state index contributed by atoms with van der Waals surface area (Å²) in [5.41, 5.74) is -1.41. The van der Waals surface area contributed by atoms with E-state index in [9.17, 15) is 43.1 Å². The molecule has 0 fully saturated rings. The third-order valence-electron chi connectivity index (χ3n) is 4.24. The van der Waals surface area contributed by atoms with E-state index in [0.29, 0.717) is 36.4 Å². The quantitative estimate of drug-likeness (QED) is 0.324. The van der Waals surface area contributed by atoms with Gasteiger partial charge in [0.2, 0.25) is 9.84 Å². The van der Waals surface area contributed by atoms with E-state index in [1.165, 1.54) is 0 Å². The minimum Gasteiger partial charge on any atom is -0.285 e. The molecule has 0 saturated heterocycles. The lowest BCUT2D eigenvalue weighted by atomic mass is 10.1. The van der Waals surface area contributed by atoms with Gasteiger partial charge < -0.3 is 0 Å². The first-order valence-electron chi connectivity index (χ1n) is 8.16. The monoisotopic (exact) mass is 494 g/mol. The van der Waals surface area contributed by atoms with Crippen LogP contribution in [0.1, 0.15) is 21.6 Å². The highest BCUT2D eigenvalue weighted by Gasteiger charge is 2.30. The summed E-state index contributed by atoms with van der Waals surface area (Å²) in [6.45, 7) is 6.36. The van der Waals surface area contributed by atoms with Gasteiger partial charge in [0, 0.05) is 11.1 Å². The van der Waals surface area contributed by atoms with Gasteiger partial charge in [-0.2, -0.15) is 16.8 Å². The minimum absolute atomic E-state index is 0.626. The fourth-order valence-corrected chi connectivity index (χ4v) is 5.59. The van der Waals surface area contributed by atoms with Crippen LogP contribution in [-0.2, 0) is 30.1 Å². The van der Waals surface area contributed by atoms with Gasteiger partial charge in [-0.3, -0.25) is 9.11 Å². The Bertz CT molecular complexity index is 1270. The smallest absolute Gasteiger partial charge is 0.275 e. The van der Waals surface area contributed by atoms with Gasteiger partial charge in [-0.25, -0.2) is 17.2 Å². The number of rotatable bonds is 8. The van der Waals surface area contributed by atoms with Crippen LogP contribution in [0.3, 0.4) is 0 Å². The summed E-state index contributed by atoms with van der Waals surface area (Å²) in [7, 11) is -14.3. The molecular formula is C18H16F2O8S3. The Balaban J connectivity index is 2.72. The molecule has 0 bridgehead atoms. The SMILES string of the molecule is C=CC(c1cc(S(=O)(=O)c2ccc(F)c(C(C=C)S(=O)(=O)O)c2)ccc1F)S(=O)(=O)O. The van der Waals surface area contributed by atoms with Crippen molar-refractivity contribution in [1.29, 1.82) is 0 Å². The highest BCUT2D eigenvalue weighted by molar-refractivity contribution is 7.91. The molecule has 31 heavy (non-hydrogen) atoms. The van der Waals surface area contributed by atoms with Gasteiger partial charge in [-0.05, 0) is 36.4 Å². The zero-order valence-corrected chi connectivity index (χ0v) is 18.0. The van der Waals surface area contributed by atoms with Crippen LogP contribution < -0.4 is 0 Å². The second-order valence-corrected chi connectivity index (χ2v) is 11.2. The van der Waals surface area contributed by atoms with Crippen molar-refractivity contribution < 1.29 is 43.1 Å². The number of benzene rings is 2. The first kappa shape index (κ1) is 24.8. The van der Waals surface area contributed by atoms with E-state index in [0.717, 1.165) is 12.1 Å². The molecule has 0 heterocycles. The molecule has 2 unspecified atom stereocenters. The molecule has 168 valence electrons. The molecule has 0 saturated carbocycles. The summed E-state index contributed by atoms with van der Waals surface area (Å²) in [5.74, 6) is -2.28. The molecule has 2 aromatic carbocycles. The molecule has 13 heteroatoms. The molecule has 0 aromatic heterocycles. The number of halogens is 2. The Morgan fingerprint density at radius 2 is 1.03 bits per heavy atom. The average Bonchev–Trinajstić information content (AvgIpc) is 2.63. The second-order valence-electron chi connectivity index (χ2n) is 6.21. The largest absolute Gasteiger partial charge is 0.285 e. The molecule has 8 nitrogen and oxygen atoms in total. The molecular weight excluding hydrogens is 478 g/mol. The minimum atomic E-state index is -4.87. The Labute approximate surface area is 178 Å². The number of hydrogen-bond donors (Lipinski definition) is 2. The van der Waals surface area contributed by atoms with Crippen molar-refractivity contribution in [3.05, 3.63) is 84.5 Å². The van der Waals surface area contributed by atoms with Crippen molar-refractivity contribution >= 4 is 30.1 Å². The third kappa shape index (κ3) is 5.07. The summed E-state index contributed by atoms with van der Waals surface area (Å²) in [5, 5.41) is -3.92. The molecule has 2 aromatic rings. The first-order valence-corrected chi connectivity index (χ1v) is 12.6. The zero-order chi connectivity index (χ0) is 23.8. The van der Waals surface area contributed by atoms with Crippen molar-refractivity contribution in [2.24, 2.45) is 0 Å². The van der Waals surface area contributed by atoms with Crippen molar-refractivity contribution in [1.82, 2.24) is 0 Å². The number of sulfone groups is 1.